The number of aliphatic carboxylic acids is 1. The van der Waals surface area contributed by atoms with Gasteiger partial charge in [0.1, 0.15) is 12.3 Å². The van der Waals surface area contributed by atoms with E-state index in [1.807, 2.05) is 6.07 Å². The van der Waals surface area contributed by atoms with Crippen molar-refractivity contribution < 1.29 is 14.4 Å². The number of aromatic nitrogens is 1. The molecule has 1 N–H and O–H groups in total. The summed E-state index contributed by atoms with van der Waals surface area (Å²) in [6, 6.07) is 1.88. The number of carbonyl (C=O) groups is 1. The van der Waals surface area contributed by atoms with Crippen LogP contribution < -0.4 is 0 Å². The van der Waals surface area contributed by atoms with Gasteiger partial charge in [0.2, 0.25) is 0 Å². The van der Waals surface area contributed by atoms with Crippen LogP contribution in [0.3, 0.4) is 0 Å². The minimum Gasteiger partial charge on any atom is -0.480 e. The Morgan fingerprint density at radius 3 is 3.06 bits per heavy atom. The molecule has 2 heterocycles. The Labute approximate surface area is 106 Å². The summed E-state index contributed by atoms with van der Waals surface area (Å²) in [4.78, 5) is 13.5. The first-order valence-electron chi connectivity index (χ1n) is 6.63. The molecule has 1 saturated heterocycles. The van der Waals surface area contributed by atoms with E-state index < -0.39 is 5.97 Å². The van der Waals surface area contributed by atoms with Crippen molar-refractivity contribution in [3.05, 3.63) is 18.0 Å². The van der Waals surface area contributed by atoms with Crippen molar-refractivity contribution in [3.8, 4) is 0 Å². The van der Waals surface area contributed by atoms with Gasteiger partial charge in [0.05, 0.1) is 5.69 Å². The van der Waals surface area contributed by atoms with Crippen molar-refractivity contribution in [2.24, 2.45) is 5.92 Å². The highest BCUT2D eigenvalue weighted by Crippen LogP contribution is 2.40. The molecule has 1 aliphatic heterocycles. The van der Waals surface area contributed by atoms with E-state index in [1.54, 1.807) is 6.26 Å². The van der Waals surface area contributed by atoms with Gasteiger partial charge in [0.15, 0.2) is 0 Å². The van der Waals surface area contributed by atoms with E-state index in [2.05, 4.69) is 10.1 Å². The molecule has 1 aromatic heterocycles. The maximum atomic E-state index is 11.4. The molecule has 5 heteroatoms. The van der Waals surface area contributed by atoms with Crippen LogP contribution in [-0.4, -0.2) is 33.2 Å². The molecule has 0 aromatic carbocycles. The van der Waals surface area contributed by atoms with Gasteiger partial charge >= 0.3 is 5.97 Å². The number of hydrogen-bond donors (Lipinski definition) is 1. The van der Waals surface area contributed by atoms with Crippen LogP contribution >= 0.6 is 0 Å². The lowest BCUT2D eigenvalue weighted by atomic mass is 9.85. The summed E-state index contributed by atoms with van der Waals surface area (Å²) in [6.45, 7) is 0.592. The molecule has 98 valence electrons. The molecule has 1 saturated carbocycles. The molecule has 1 aliphatic carbocycles. The van der Waals surface area contributed by atoms with E-state index >= 15 is 0 Å². The zero-order valence-corrected chi connectivity index (χ0v) is 10.3. The largest absolute Gasteiger partial charge is 0.480 e. The standard InChI is InChI=1S/C13H18N2O3/c16-13(17)12-7-9-3-1-2-4-11(9)15(12)8-10-5-6-18-14-10/h5-6,9,11-12H,1-4,7-8H2,(H,16,17). The Hall–Kier alpha value is -1.36. The fourth-order valence-electron chi connectivity index (χ4n) is 3.53. The molecule has 3 unspecified atom stereocenters. The SMILES string of the molecule is O=C(O)C1CC2CCCCC2N1Cc1ccon1. The number of rotatable bonds is 3. The van der Waals surface area contributed by atoms with Gasteiger partial charge in [0, 0.05) is 18.7 Å². The van der Waals surface area contributed by atoms with Crippen LogP contribution in [0.1, 0.15) is 37.8 Å². The summed E-state index contributed by atoms with van der Waals surface area (Å²) in [5, 5.41) is 13.3. The molecular weight excluding hydrogens is 232 g/mol. The maximum Gasteiger partial charge on any atom is 0.320 e. The summed E-state index contributed by atoms with van der Waals surface area (Å²) in [7, 11) is 0. The summed E-state index contributed by atoms with van der Waals surface area (Å²) in [5.74, 6) is -0.153. The van der Waals surface area contributed by atoms with E-state index in [9.17, 15) is 9.90 Å². The van der Waals surface area contributed by atoms with Crippen molar-refractivity contribution in [1.29, 1.82) is 0 Å². The highest BCUT2D eigenvalue weighted by atomic mass is 16.5. The molecule has 0 amide bonds. The molecular formula is C13H18N2O3. The number of carboxylic acids is 1. The summed E-state index contributed by atoms with van der Waals surface area (Å²) in [6.07, 6.45) is 7.07. The number of nitrogens with zero attached hydrogens (tertiary/aromatic N) is 2. The second-order valence-corrected chi connectivity index (χ2v) is 5.36. The van der Waals surface area contributed by atoms with Crippen molar-refractivity contribution >= 4 is 5.97 Å². The highest BCUT2D eigenvalue weighted by molar-refractivity contribution is 5.74. The first-order chi connectivity index (χ1) is 8.75. The lowest BCUT2D eigenvalue weighted by Gasteiger charge is -2.32. The number of likely N-dealkylation sites (tertiary alicyclic amines) is 1. The van der Waals surface area contributed by atoms with Gasteiger partial charge in [-0.15, -0.1) is 0 Å². The van der Waals surface area contributed by atoms with E-state index in [4.69, 9.17) is 4.52 Å². The predicted octanol–water partition coefficient (Wildman–Crippen LogP) is 1.89. The predicted molar refractivity (Wildman–Crippen MR) is 63.8 cm³/mol. The molecule has 3 atom stereocenters. The van der Waals surface area contributed by atoms with E-state index in [0.29, 0.717) is 18.5 Å². The third kappa shape index (κ3) is 2.03. The van der Waals surface area contributed by atoms with Gasteiger partial charge in [0.25, 0.3) is 0 Å². The number of carboxylic acid groups (broad SMARTS) is 1. The zero-order valence-electron chi connectivity index (χ0n) is 10.3. The molecule has 5 nitrogen and oxygen atoms in total. The van der Waals surface area contributed by atoms with Gasteiger partial charge < -0.3 is 9.63 Å². The fourth-order valence-corrected chi connectivity index (χ4v) is 3.53. The van der Waals surface area contributed by atoms with E-state index in [1.165, 1.54) is 19.3 Å². The van der Waals surface area contributed by atoms with Crippen molar-refractivity contribution in [2.45, 2.75) is 50.7 Å². The summed E-state index contributed by atoms with van der Waals surface area (Å²) >= 11 is 0. The third-order valence-electron chi connectivity index (χ3n) is 4.34. The minimum absolute atomic E-state index is 0.352. The second kappa shape index (κ2) is 4.72. The van der Waals surface area contributed by atoms with E-state index in [0.717, 1.165) is 18.5 Å². The molecule has 2 fully saturated rings. The molecule has 3 rings (SSSR count). The van der Waals surface area contributed by atoms with Crippen LogP contribution in [0.15, 0.2) is 16.9 Å². The monoisotopic (exact) mass is 250 g/mol. The zero-order chi connectivity index (χ0) is 12.5. The Morgan fingerprint density at radius 1 is 1.50 bits per heavy atom. The topological polar surface area (TPSA) is 66.6 Å². The van der Waals surface area contributed by atoms with Crippen LogP contribution in [0.5, 0.6) is 0 Å². The van der Waals surface area contributed by atoms with Crippen molar-refractivity contribution in [1.82, 2.24) is 10.1 Å². The molecule has 0 radical (unpaired) electrons. The highest BCUT2D eigenvalue weighted by Gasteiger charge is 2.45. The Morgan fingerprint density at radius 2 is 2.33 bits per heavy atom. The van der Waals surface area contributed by atoms with Gasteiger partial charge in [-0.2, -0.15) is 0 Å². The number of hydrogen-bond acceptors (Lipinski definition) is 4. The first kappa shape index (κ1) is 11.7. The first-order valence-corrected chi connectivity index (χ1v) is 6.63. The van der Waals surface area contributed by atoms with Gasteiger partial charge in [-0.1, -0.05) is 18.0 Å². The van der Waals surface area contributed by atoms with E-state index in [-0.39, 0.29) is 6.04 Å². The average molecular weight is 250 g/mol. The fraction of sp³-hybridized carbons (Fsp3) is 0.692. The van der Waals surface area contributed by atoms with Gasteiger partial charge in [-0.05, 0) is 25.2 Å². The van der Waals surface area contributed by atoms with Crippen molar-refractivity contribution in [2.75, 3.05) is 0 Å². The number of fused-ring (bicyclic) bond motifs is 1. The van der Waals surface area contributed by atoms with Crippen molar-refractivity contribution in [3.63, 3.8) is 0 Å². The second-order valence-electron chi connectivity index (χ2n) is 5.36. The van der Waals surface area contributed by atoms with Gasteiger partial charge in [-0.25, -0.2) is 0 Å². The molecule has 18 heavy (non-hydrogen) atoms. The van der Waals surface area contributed by atoms with Crippen LogP contribution in [0.4, 0.5) is 0 Å². The Kier molecular flexibility index (Phi) is 3.07. The lowest BCUT2D eigenvalue weighted by molar-refractivity contribution is -0.142. The van der Waals surface area contributed by atoms with Crippen LogP contribution in [0.2, 0.25) is 0 Å². The molecule has 0 spiro atoms. The van der Waals surface area contributed by atoms with Gasteiger partial charge in [-0.3, -0.25) is 9.69 Å². The molecule has 0 bridgehead atoms. The Balaban J connectivity index is 1.80. The van der Waals surface area contributed by atoms with Crippen LogP contribution in [-0.2, 0) is 11.3 Å². The molecule has 2 aliphatic rings. The normalized spacial score (nSPS) is 32.3. The summed E-state index contributed by atoms with van der Waals surface area (Å²) < 4.78 is 4.83. The summed E-state index contributed by atoms with van der Waals surface area (Å²) in [5.41, 5.74) is 0.826. The smallest absolute Gasteiger partial charge is 0.320 e. The molecule has 1 aromatic rings. The third-order valence-corrected chi connectivity index (χ3v) is 4.34. The van der Waals surface area contributed by atoms with Crippen LogP contribution in [0.25, 0.3) is 0 Å². The lowest BCUT2D eigenvalue weighted by Crippen LogP contribution is -2.41. The maximum absolute atomic E-state index is 11.4. The van der Waals surface area contributed by atoms with Crippen LogP contribution in [0, 0.1) is 5.92 Å². The average Bonchev–Trinajstić information content (AvgIpc) is 2.98. The minimum atomic E-state index is -0.701. The Bertz CT molecular complexity index is 418. The quantitative estimate of drug-likeness (QED) is 0.887.